The zero-order valence-electron chi connectivity index (χ0n) is 27.3. The summed E-state index contributed by atoms with van der Waals surface area (Å²) in [7, 11) is 0. The Kier molecular flexibility index (Phi) is 9.93. The summed E-state index contributed by atoms with van der Waals surface area (Å²) in [5.41, 5.74) is 9.66. The molecule has 0 radical (unpaired) electrons. The third kappa shape index (κ3) is 5.95. The molecule has 0 bridgehead atoms. The molecule has 0 atom stereocenters. The summed E-state index contributed by atoms with van der Waals surface area (Å²) >= 11 is -4.05. The van der Waals surface area contributed by atoms with Crippen LogP contribution in [0.5, 0.6) is 0 Å². The monoisotopic (exact) mass is 684 g/mol. The molecule has 2 fully saturated rings. The van der Waals surface area contributed by atoms with Gasteiger partial charge in [0.1, 0.15) is 0 Å². The standard InChI is InChI=1S/C21H25.2C6H11.C5H5.CH2.2ClH.Zr/c1-20(2,3)16-7-9-18-14(12-16)11-15-13-17(21(4,5)6)8-10-19(15)18;2*1-6-4-2-3-5-6;1-2-4-5-3-1;;;;/h7-10,12H,11H2,1-6H3;2*6H,1-5H2;1-3H,4H2;1H2;2*1H;. The van der Waals surface area contributed by atoms with Gasteiger partial charge in [-0.2, -0.15) is 0 Å². The van der Waals surface area contributed by atoms with E-state index < -0.39 is 18.3 Å². The van der Waals surface area contributed by atoms with Crippen molar-refractivity contribution in [3.63, 3.8) is 0 Å². The van der Waals surface area contributed by atoms with Crippen molar-refractivity contribution in [3.05, 3.63) is 74.1 Å². The summed E-state index contributed by atoms with van der Waals surface area (Å²) in [4.78, 5) is 0. The molecule has 4 aliphatic rings. The van der Waals surface area contributed by atoms with Gasteiger partial charge in [-0.25, -0.2) is 0 Å². The molecule has 0 saturated heterocycles. The molecule has 6 rings (SSSR count). The van der Waals surface area contributed by atoms with Crippen LogP contribution in [0.1, 0.15) is 122 Å². The molecule has 0 nitrogen and oxygen atoms in total. The molecule has 0 amide bonds. The van der Waals surface area contributed by atoms with Crippen molar-refractivity contribution in [2.45, 2.75) is 125 Å². The van der Waals surface area contributed by atoms with Crippen molar-refractivity contribution in [1.82, 2.24) is 0 Å². The Bertz CT molecular complexity index is 1410. The molecule has 3 heteroatoms. The molecule has 2 saturated carbocycles. The van der Waals surface area contributed by atoms with Crippen molar-refractivity contribution < 1.29 is 18.3 Å². The molecule has 0 spiro atoms. The first-order valence-electron chi connectivity index (χ1n) is 16.6. The van der Waals surface area contributed by atoms with E-state index in [1.54, 1.807) is 16.7 Å². The van der Waals surface area contributed by atoms with Gasteiger partial charge in [0, 0.05) is 0 Å². The van der Waals surface area contributed by atoms with Gasteiger partial charge in [0.15, 0.2) is 0 Å². The fourth-order valence-electron chi connectivity index (χ4n) is 9.58. The Morgan fingerprint density at radius 3 is 1.83 bits per heavy atom. The summed E-state index contributed by atoms with van der Waals surface area (Å²) in [5.74, 6) is 1.73. The first-order valence-corrected chi connectivity index (χ1v) is 24.3. The maximum atomic E-state index is 5.85. The minimum atomic E-state index is -4.05. The van der Waals surface area contributed by atoms with Gasteiger partial charge in [-0.15, -0.1) is 24.8 Å². The average molecular weight is 687 g/mol. The average Bonchev–Trinajstić information content (AvgIpc) is 3.69. The van der Waals surface area contributed by atoms with Crippen molar-refractivity contribution in [2.24, 2.45) is 11.8 Å². The quantitative estimate of drug-likeness (QED) is 0.242. The fraction of sp³-hybridized carbons (Fsp3) is 0.564. The Hall–Kier alpha value is -0.747. The molecule has 2 aromatic carbocycles. The van der Waals surface area contributed by atoms with E-state index in [1.807, 2.05) is 6.55 Å². The van der Waals surface area contributed by atoms with E-state index in [2.05, 4.69) is 90.1 Å². The van der Waals surface area contributed by atoms with E-state index in [-0.39, 0.29) is 35.6 Å². The predicted octanol–water partition coefficient (Wildman–Crippen LogP) is 11.5. The van der Waals surface area contributed by atoms with Crippen LogP contribution in [0.3, 0.4) is 0 Å². The molecular weight excluding hydrogens is 631 g/mol. The SMILES string of the molecule is Cl.Cl.[CH2]=[Zr]([CH2]C1CCCC1)([CH2]C1CCCC1)([C]1=CC=CC1)[c]1c(C(C)(C)C)ccc2c1Cc1cc(C(C)(C)C)ccc1-2. The second-order valence-corrected chi connectivity index (χ2v) is 30.9. The second-order valence-electron chi connectivity index (χ2n) is 16.5. The van der Waals surface area contributed by atoms with Crippen LogP contribution in [0.25, 0.3) is 11.1 Å². The van der Waals surface area contributed by atoms with Crippen LogP contribution in [0.15, 0.2) is 51.8 Å². The van der Waals surface area contributed by atoms with Gasteiger partial charge < -0.3 is 0 Å². The number of hydrogen-bond acceptors (Lipinski definition) is 0. The summed E-state index contributed by atoms with van der Waals surface area (Å²) in [5, 5.41) is 0. The fourth-order valence-corrected chi connectivity index (χ4v) is 30.2. The van der Waals surface area contributed by atoms with Crippen LogP contribution in [0.2, 0.25) is 8.26 Å². The minimum absolute atomic E-state index is 0. The third-order valence-electron chi connectivity index (χ3n) is 11.5. The zero-order valence-corrected chi connectivity index (χ0v) is 31.4. The Balaban J connectivity index is 0.00000202. The molecule has 0 aromatic heterocycles. The van der Waals surface area contributed by atoms with Gasteiger partial charge in [0.25, 0.3) is 0 Å². The number of halogens is 2. The zero-order chi connectivity index (χ0) is 28.4. The number of hydrogen-bond donors (Lipinski definition) is 0. The van der Waals surface area contributed by atoms with Crippen LogP contribution in [0.4, 0.5) is 0 Å². The summed E-state index contributed by atoms with van der Waals surface area (Å²) in [6, 6.07) is 12.5. The van der Waals surface area contributed by atoms with Crippen molar-refractivity contribution in [1.29, 1.82) is 0 Å². The van der Waals surface area contributed by atoms with Crippen LogP contribution >= 0.6 is 24.8 Å². The first-order chi connectivity index (χ1) is 18.9. The van der Waals surface area contributed by atoms with Gasteiger partial charge in [0.05, 0.1) is 0 Å². The summed E-state index contributed by atoms with van der Waals surface area (Å²) < 4.78 is 12.4. The first kappa shape index (κ1) is 34.1. The van der Waals surface area contributed by atoms with E-state index >= 15 is 0 Å². The van der Waals surface area contributed by atoms with Crippen molar-refractivity contribution >= 4 is 32.3 Å². The topological polar surface area (TPSA) is 0 Å². The molecule has 42 heavy (non-hydrogen) atoms. The number of benzene rings is 2. The van der Waals surface area contributed by atoms with Gasteiger partial charge in [-0.1, -0.05) is 0 Å². The maximum absolute atomic E-state index is 5.85. The van der Waals surface area contributed by atoms with Crippen LogP contribution < -0.4 is 3.27 Å². The normalized spacial score (nSPS) is 19.4. The number of rotatable bonds is 6. The number of allylic oxidation sites excluding steroid dienone is 4. The molecule has 2 aromatic rings. The summed E-state index contributed by atoms with van der Waals surface area (Å²) in [6.45, 7) is 14.5. The predicted molar refractivity (Wildman–Crippen MR) is 189 cm³/mol. The molecule has 0 unspecified atom stereocenters. The third-order valence-corrected chi connectivity index (χ3v) is 28.9. The molecule has 230 valence electrons. The van der Waals surface area contributed by atoms with Crippen molar-refractivity contribution in [3.8, 4) is 11.1 Å². The van der Waals surface area contributed by atoms with Crippen LogP contribution in [0, 0.1) is 11.8 Å². The Morgan fingerprint density at radius 2 is 1.33 bits per heavy atom. The molecular formula is C39H56Cl2Zr. The summed E-state index contributed by atoms with van der Waals surface area (Å²) in [6.07, 6.45) is 21.1. The molecule has 0 heterocycles. The van der Waals surface area contributed by atoms with E-state index in [9.17, 15) is 0 Å². The molecule has 0 N–H and O–H groups in total. The van der Waals surface area contributed by atoms with Gasteiger partial charge in [0.2, 0.25) is 0 Å². The van der Waals surface area contributed by atoms with Crippen LogP contribution in [-0.2, 0) is 35.5 Å². The van der Waals surface area contributed by atoms with E-state index in [0.717, 1.165) is 24.7 Å². The van der Waals surface area contributed by atoms with Crippen molar-refractivity contribution in [2.75, 3.05) is 0 Å². The van der Waals surface area contributed by atoms with E-state index in [0.29, 0.717) is 0 Å². The van der Waals surface area contributed by atoms with E-state index in [4.69, 9.17) is 4.21 Å². The molecule has 0 aliphatic heterocycles. The van der Waals surface area contributed by atoms with Gasteiger partial charge in [-0.05, 0) is 0 Å². The number of fused-ring (bicyclic) bond motifs is 3. The molecule has 4 aliphatic carbocycles. The van der Waals surface area contributed by atoms with Gasteiger partial charge in [-0.3, -0.25) is 0 Å². The second kappa shape index (κ2) is 12.2. The van der Waals surface area contributed by atoms with Gasteiger partial charge >= 0.3 is 248 Å². The Labute approximate surface area is 270 Å². The van der Waals surface area contributed by atoms with E-state index in [1.165, 1.54) is 76.3 Å². The Morgan fingerprint density at radius 1 is 0.762 bits per heavy atom. The van der Waals surface area contributed by atoms with Crippen LogP contribution in [-0.4, -0.2) is 4.21 Å².